The van der Waals surface area contributed by atoms with Crippen molar-refractivity contribution in [2.45, 2.75) is 30.2 Å². The number of imide groups is 1. The average molecular weight is 386 g/mol. The summed E-state index contributed by atoms with van der Waals surface area (Å²) in [6.45, 7) is 0.436. The molecule has 4 rings (SSSR count). The van der Waals surface area contributed by atoms with Gasteiger partial charge < -0.3 is 10.0 Å². The molecule has 1 aliphatic heterocycles. The molecule has 27 heavy (non-hydrogen) atoms. The Morgan fingerprint density at radius 3 is 2.63 bits per heavy atom. The molecule has 1 heterocycles. The topological polar surface area (TPSA) is 77.9 Å². The highest BCUT2D eigenvalue weighted by Gasteiger charge is 2.49. The van der Waals surface area contributed by atoms with Crippen molar-refractivity contribution >= 4 is 35.4 Å². The number of carboxylic acid groups (broad SMARTS) is 1. The number of benzene rings is 1. The number of nitrogens with zero attached hydrogens (tertiary/aromatic N) is 2. The van der Waals surface area contributed by atoms with Gasteiger partial charge in [-0.25, -0.2) is 9.69 Å². The molecule has 6 nitrogen and oxygen atoms in total. The molecular formula is C20H22N2O4S. The molecule has 0 radical (unpaired) electrons. The normalized spacial score (nSPS) is 29.2. The third-order valence-corrected chi connectivity index (χ3v) is 6.65. The molecular weight excluding hydrogens is 364 g/mol. The number of carbonyl (C=O) groups is 3. The summed E-state index contributed by atoms with van der Waals surface area (Å²) in [5, 5.41) is 9.30. The van der Waals surface area contributed by atoms with E-state index < -0.39 is 23.9 Å². The number of aliphatic carboxylic acids is 1. The predicted octanol–water partition coefficient (Wildman–Crippen LogP) is 3.23. The van der Waals surface area contributed by atoms with Crippen LogP contribution in [-0.2, 0) is 9.59 Å². The maximum absolute atomic E-state index is 13.2. The third-order valence-electron chi connectivity index (χ3n) is 5.86. The van der Waals surface area contributed by atoms with Crippen LogP contribution in [-0.4, -0.2) is 46.8 Å². The number of fused-ring (bicyclic) bond motifs is 2. The molecule has 3 amide bonds. The molecule has 2 aliphatic carbocycles. The Balaban J connectivity index is 1.64. The van der Waals surface area contributed by atoms with Gasteiger partial charge in [-0.2, -0.15) is 0 Å². The number of hydrogen-bond donors (Lipinski definition) is 1. The summed E-state index contributed by atoms with van der Waals surface area (Å²) >= 11 is 1.46. The lowest BCUT2D eigenvalue weighted by Crippen LogP contribution is -2.41. The van der Waals surface area contributed by atoms with Gasteiger partial charge in [-0.1, -0.05) is 24.3 Å². The van der Waals surface area contributed by atoms with Crippen LogP contribution in [0.15, 0.2) is 41.3 Å². The zero-order valence-electron chi connectivity index (χ0n) is 15.1. The minimum Gasteiger partial charge on any atom is -0.481 e. The second-order valence-corrected chi connectivity index (χ2v) is 8.28. The Hall–Kier alpha value is -2.28. The van der Waals surface area contributed by atoms with Gasteiger partial charge in [0.05, 0.1) is 12.1 Å². The molecule has 1 N–H and O–H groups in total. The van der Waals surface area contributed by atoms with E-state index in [1.165, 1.54) is 21.6 Å². The second kappa shape index (κ2) is 7.03. The Kier molecular flexibility index (Phi) is 4.72. The first-order chi connectivity index (χ1) is 13.0. The lowest BCUT2D eigenvalue weighted by atomic mass is 9.92. The molecule has 4 atom stereocenters. The number of anilines is 1. The minimum absolute atomic E-state index is 0.295. The van der Waals surface area contributed by atoms with Crippen LogP contribution < -0.4 is 4.90 Å². The van der Waals surface area contributed by atoms with Gasteiger partial charge in [0.2, 0.25) is 0 Å². The van der Waals surface area contributed by atoms with Gasteiger partial charge >= 0.3 is 12.0 Å². The number of allylic oxidation sites excluding steroid dienone is 2. The van der Waals surface area contributed by atoms with Gasteiger partial charge in [-0.15, -0.1) is 11.8 Å². The molecule has 3 aliphatic rings. The first kappa shape index (κ1) is 18.1. The van der Waals surface area contributed by atoms with E-state index in [0.717, 1.165) is 17.7 Å². The summed E-state index contributed by atoms with van der Waals surface area (Å²) in [7, 11) is 0. The van der Waals surface area contributed by atoms with Crippen LogP contribution in [0.25, 0.3) is 0 Å². The highest BCUT2D eigenvalue weighted by Crippen LogP contribution is 2.44. The number of urea groups is 1. The third kappa shape index (κ3) is 3.14. The summed E-state index contributed by atoms with van der Waals surface area (Å²) in [5.74, 6) is -0.235. The smallest absolute Gasteiger partial charge is 0.332 e. The van der Waals surface area contributed by atoms with Gasteiger partial charge in [-0.05, 0) is 49.0 Å². The monoisotopic (exact) mass is 386 g/mol. The van der Waals surface area contributed by atoms with Crippen LogP contribution in [0.4, 0.5) is 10.5 Å². The Morgan fingerprint density at radius 2 is 2.00 bits per heavy atom. The Morgan fingerprint density at radius 1 is 1.22 bits per heavy atom. The van der Waals surface area contributed by atoms with E-state index in [1.54, 1.807) is 12.1 Å². The first-order valence-corrected chi connectivity index (χ1v) is 10.4. The molecule has 1 aromatic carbocycles. The van der Waals surface area contributed by atoms with Crippen LogP contribution in [0.5, 0.6) is 0 Å². The second-order valence-electron chi connectivity index (χ2n) is 7.43. The summed E-state index contributed by atoms with van der Waals surface area (Å²) in [4.78, 5) is 41.1. The number of thioether (sulfide) groups is 1. The Bertz CT molecular complexity index is 824. The van der Waals surface area contributed by atoms with Gasteiger partial charge in [0.25, 0.3) is 5.91 Å². The molecule has 2 bridgehead atoms. The molecule has 2 fully saturated rings. The largest absolute Gasteiger partial charge is 0.481 e. The van der Waals surface area contributed by atoms with Crippen LogP contribution in [0, 0.1) is 17.8 Å². The molecule has 142 valence electrons. The van der Waals surface area contributed by atoms with E-state index in [0.29, 0.717) is 30.0 Å². The van der Waals surface area contributed by atoms with E-state index >= 15 is 0 Å². The van der Waals surface area contributed by atoms with Crippen LogP contribution in [0.1, 0.15) is 19.3 Å². The highest BCUT2D eigenvalue weighted by molar-refractivity contribution is 7.98. The average Bonchev–Trinajstić information content (AvgIpc) is 3.32. The maximum Gasteiger partial charge on any atom is 0.332 e. The summed E-state index contributed by atoms with van der Waals surface area (Å²) < 4.78 is 0. The SMILES string of the molecule is CSc1ccccc1N1C(=O)[C@H](CC(=O)O)N(CC2CC3C=CC2C3)C1=O. The first-order valence-electron chi connectivity index (χ1n) is 9.17. The van der Waals surface area contributed by atoms with Gasteiger partial charge in [0, 0.05) is 11.4 Å². The molecule has 3 unspecified atom stereocenters. The standard InChI is InChI=1S/C20H22N2O4S/c1-27-17-5-3-2-4-15(17)22-19(25)16(10-18(23)24)21(20(22)26)11-14-9-12-6-7-13(14)8-12/h2-7,12-14,16H,8-11H2,1H3,(H,23,24)/t12?,13?,14?,16-/m0/s1. The zero-order chi connectivity index (χ0) is 19.1. The van der Waals surface area contributed by atoms with Crippen LogP contribution in [0.3, 0.4) is 0 Å². The number of carboxylic acids is 1. The number of hydrogen-bond acceptors (Lipinski definition) is 4. The van der Waals surface area contributed by atoms with E-state index in [-0.39, 0.29) is 6.42 Å². The number of rotatable bonds is 6. The van der Waals surface area contributed by atoms with Gasteiger partial charge in [-0.3, -0.25) is 9.59 Å². The lowest BCUT2D eigenvalue weighted by molar-refractivity contribution is -0.140. The van der Waals surface area contributed by atoms with Crippen molar-refractivity contribution in [3.63, 3.8) is 0 Å². The quantitative estimate of drug-likeness (QED) is 0.461. The van der Waals surface area contributed by atoms with Crippen molar-refractivity contribution in [1.82, 2.24) is 4.90 Å². The molecule has 0 aromatic heterocycles. The number of amides is 3. The molecule has 1 aromatic rings. The van der Waals surface area contributed by atoms with Gasteiger partial charge in [0.1, 0.15) is 6.04 Å². The molecule has 1 saturated heterocycles. The summed E-state index contributed by atoms with van der Waals surface area (Å²) in [5.41, 5.74) is 0.533. The fraction of sp³-hybridized carbons (Fsp3) is 0.450. The van der Waals surface area contributed by atoms with Crippen molar-refractivity contribution in [2.24, 2.45) is 17.8 Å². The number of para-hydroxylation sites is 1. The Labute approximate surface area is 162 Å². The lowest BCUT2D eigenvalue weighted by Gasteiger charge is -2.27. The van der Waals surface area contributed by atoms with Crippen molar-refractivity contribution in [2.75, 3.05) is 17.7 Å². The molecule has 0 spiro atoms. The van der Waals surface area contributed by atoms with E-state index in [4.69, 9.17) is 0 Å². The van der Waals surface area contributed by atoms with E-state index in [2.05, 4.69) is 12.2 Å². The summed E-state index contributed by atoms with van der Waals surface area (Å²) in [6, 6.07) is 5.89. The summed E-state index contributed by atoms with van der Waals surface area (Å²) in [6.07, 6.45) is 8.06. The predicted molar refractivity (Wildman–Crippen MR) is 103 cm³/mol. The molecule has 7 heteroatoms. The fourth-order valence-corrected chi connectivity index (χ4v) is 5.18. The van der Waals surface area contributed by atoms with E-state index in [1.807, 2.05) is 18.4 Å². The van der Waals surface area contributed by atoms with Crippen molar-refractivity contribution in [1.29, 1.82) is 0 Å². The van der Waals surface area contributed by atoms with Crippen LogP contribution >= 0.6 is 11.8 Å². The van der Waals surface area contributed by atoms with Crippen LogP contribution in [0.2, 0.25) is 0 Å². The maximum atomic E-state index is 13.2. The fourth-order valence-electron chi connectivity index (χ4n) is 4.60. The number of carbonyl (C=O) groups excluding carboxylic acids is 2. The minimum atomic E-state index is -1.07. The zero-order valence-corrected chi connectivity index (χ0v) is 15.9. The van der Waals surface area contributed by atoms with Crippen molar-refractivity contribution in [3.8, 4) is 0 Å². The van der Waals surface area contributed by atoms with Crippen molar-refractivity contribution in [3.05, 3.63) is 36.4 Å². The highest BCUT2D eigenvalue weighted by atomic mass is 32.2. The van der Waals surface area contributed by atoms with Crippen molar-refractivity contribution < 1.29 is 19.5 Å². The van der Waals surface area contributed by atoms with Gasteiger partial charge in [0.15, 0.2) is 0 Å². The van der Waals surface area contributed by atoms with E-state index in [9.17, 15) is 19.5 Å². The molecule has 1 saturated carbocycles.